The fourth-order valence-corrected chi connectivity index (χ4v) is 1.60. The number of aromatic nitrogens is 2. The van der Waals surface area contributed by atoms with Crippen molar-refractivity contribution in [2.45, 2.75) is 0 Å². The Morgan fingerprint density at radius 1 is 1.35 bits per heavy atom. The maximum atomic E-state index is 12.1. The number of amides is 1. The Labute approximate surface area is 99.5 Å². The zero-order chi connectivity index (χ0) is 12.4. The molecule has 0 bridgehead atoms. The number of rotatable bonds is 2. The second-order valence-electron chi connectivity index (χ2n) is 3.80. The summed E-state index contributed by atoms with van der Waals surface area (Å²) < 4.78 is 1.59. The molecule has 0 saturated heterocycles. The Morgan fingerprint density at radius 2 is 2.06 bits per heavy atom. The molecule has 0 radical (unpaired) electrons. The van der Waals surface area contributed by atoms with Crippen LogP contribution in [0.2, 0.25) is 0 Å². The molecule has 0 atom stereocenters. The molecule has 88 valence electrons. The van der Waals surface area contributed by atoms with Crippen LogP contribution in [0, 0.1) is 0 Å². The van der Waals surface area contributed by atoms with E-state index in [9.17, 15) is 4.79 Å². The first-order valence-corrected chi connectivity index (χ1v) is 5.22. The lowest BCUT2D eigenvalue weighted by Crippen LogP contribution is -2.27. The summed E-state index contributed by atoms with van der Waals surface area (Å²) in [6, 6.07) is 8.91. The van der Waals surface area contributed by atoms with Gasteiger partial charge in [0.15, 0.2) is 5.69 Å². The second kappa shape index (κ2) is 4.29. The molecule has 0 aliphatic heterocycles. The Morgan fingerprint density at radius 3 is 2.65 bits per heavy atom. The molecule has 2 rings (SSSR count). The summed E-state index contributed by atoms with van der Waals surface area (Å²) >= 11 is 0. The summed E-state index contributed by atoms with van der Waals surface area (Å²) in [5, 5.41) is 4.07. The van der Waals surface area contributed by atoms with Crippen molar-refractivity contribution in [3.8, 4) is 0 Å². The topological polar surface area (TPSA) is 64.2 Å². The highest BCUT2D eigenvalue weighted by Crippen LogP contribution is 2.22. The summed E-state index contributed by atoms with van der Waals surface area (Å²) in [5.74, 6) is -0.177. The predicted octanol–water partition coefficient (Wildman–Crippen LogP) is 1.28. The number of nitrogens with zero attached hydrogens (tertiary/aromatic N) is 3. The standard InChI is InChI=1S/C12H14N4O/c1-15-8-7-10(14-15)12(17)16(2)11-6-4-3-5-9(11)13/h3-8H,13H2,1-2H3. The first-order valence-electron chi connectivity index (χ1n) is 5.22. The molecule has 17 heavy (non-hydrogen) atoms. The minimum Gasteiger partial charge on any atom is -0.397 e. The van der Waals surface area contributed by atoms with E-state index in [1.807, 2.05) is 12.1 Å². The van der Waals surface area contributed by atoms with E-state index < -0.39 is 0 Å². The summed E-state index contributed by atoms with van der Waals surface area (Å²) in [6.45, 7) is 0. The van der Waals surface area contributed by atoms with Crippen molar-refractivity contribution in [3.63, 3.8) is 0 Å². The number of para-hydroxylation sites is 2. The summed E-state index contributed by atoms with van der Waals surface area (Å²) in [7, 11) is 3.45. The Balaban J connectivity index is 2.29. The first kappa shape index (κ1) is 11.2. The predicted molar refractivity (Wildman–Crippen MR) is 66.8 cm³/mol. The number of nitrogen functional groups attached to an aromatic ring is 1. The number of aryl methyl sites for hydroxylation is 1. The SMILES string of the molecule is CN(C(=O)c1ccn(C)n1)c1ccccc1N. The van der Waals surface area contributed by atoms with Gasteiger partial charge >= 0.3 is 0 Å². The van der Waals surface area contributed by atoms with Crippen LogP contribution in [0.5, 0.6) is 0 Å². The number of carbonyl (C=O) groups is 1. The molecule has 2 aromatic rings. The van der Waals surface area contributed by atoms with Crippen molar-refractivity contribution >= 4 is 17.3 Å². The quantitative estimate of drug-likeness (QED) is 0.790. The molecule has 0 aliphatic carbocycles. The van der Waals surface area contributed by atoms with E-state index in [0.717, 1.165) is 0 Å². The number of benzene rings is 1. The van der Waals surface area contributed by atoms with Crippen LogP contribution >= 0.6 is 0 Å². The number of hydrogen-bond acceptors (Lipinski definition) is 3. The molecule has 0 spiro atoms. The van der Waals surface area contributed by atoms with Crippen LogP contribution in [-0.2, 0) is 7.05 Å². The van der Waals surface area contributed by atoms with Crippen molar-refractivity contribution in [1.82, 2.24) is 9.78 Å². The summed E-state index contributed by atoms with van der Waals surface area (Å²) in [4.78, 5) is 13.6. The van der Waals surface area contributed by atoms with Crippen LogP contribution in [0.1, 0.15) is 10.5 Å². The maximum absolute atomic E-state index is 12.1. The fourth-order valence-electron chi connectivity index (χ4n) is 1.60. The first-order chi connectivity index (χ1) is 8.09. The normalized spacial score (nSPS) is 10.2. The van der Waals surface area contributed by atoms with E-state index in [1.54, 1.807) is 43.2 Å². The van der Waals surface area contributed by atoms with Crippen molar-refractivity contribution in [2.24, 2.45) is 7.05 Å². The van der Waals surface area contributed by atoms with Gasteiger partial charge in [-0.1, -0.05) is 12.1 Å². The van der Waals surface area contributed by atoms with Gasteiger partial charge in [0, 0.05) is 20.3 Å². The number of hydrogen-bond donors (Lipinski definition) is 1. The van der Waals surface area contributed by atoms with Crippen LogP contribution < -0.4 is 10.6 Å². The molecule has 0 unspecified atom stereocenters. The Kier molecular flexibility index (Phi) is 2.82. The molecule has 1 aromatic carbocycles. The van der Waals surface area contributed by atoms with Gasteiger partial charge in [-0.25, -0.2) is 0 Å². The molecular weight excluding hydrogens is 216 g/mol. The van der Waals surface area contributed by atoms with E-state index >= 15 is 0 Å². The van der Waals surface area contributed by atoms with Crippen molar-refractivity contribution in [3.05, 3.63) is 42.2 Å². The van der Waals surface area contributed by atoms with Gasteiger partial charge < -0.3 is 10.6 Å². The second-order valence-corrected chi connectivity index (χ2v) is 3.80. The van der Waals surface area contributed by atoms with Gasteiger partial charge in [0.25, 0.3) is 5.91 Å². The molecular formula is C12H14N4O. The maximum Gasteiger partial charge on any atom is 0.278 e. The lowest BCUT2D eigenvalue weighted by atomic mass is 10.2. The molecule has 1 aromatic heterocycles. The molecule has 0 aliphatic rings. The van der Waals surface area contributed by atoms with Gasteiger partial charge in [-0.05, 0) is 18.2 Å². The minimum absolute atomic E-state index is 0.177. The van der Waals surface area contributed by atoms with E-state index in [1.165, 1.54) is 4.90 Å². The van der Waals surface area contributed by atoms with E-state index in [2.05, 4.69) is 5.10 Å². The molecule has 5 nitrogen and oxygen atoms in total. The highest BCUT2D eigenvalue weighted by molar-refractivity contribution is 6.05. The zero-order valence-electron chi connectivity index (χ0n) is 9.79. The minimum atomic E-state index is -0.177. The van der Waals surface area contributed by atoms with Gasteiger partial charge in [0.05, 0.1) is 11.4 Å². The van der Waals surface area contributed by atoms with Gasteiger partial charge in [0.2, 0.25) is 0 Å². The third-order valence-electron chi connectivity index (χ3n) is 2.54. The fraction of sp³-hybridized carbons (Fsp3) is 0.167. The lowest BCUT2D eigenvalue weighted by Gasteiger charge is -2.17. The lowest BCUT2D eigenvalue weighted by molar-refractivity contribution is 0.0987. The van der Waals surface area contributed by atoms with Crippen molar-refractivity contribution in [2.75, 3.05) is 17.7 Å². The Bertz CT molecular complexity index is 547. The van der Waals surface area contributed by atoms with Gasteiger partial charge in [0.1, 0.15) is 0 Å². The molecule has 5 heteroatoms. The third-order valence-corrected chi connectivity index (χ3v) is 2.54. The van der Waals surface area contributed by atoms with Crippen LogP contribution in [0.3, 0.4) is 0 Å². The highest BCUT2D eigenvalue weighted by Gasteiger charge is 2.17. The van der Waals surface area contributed by atoms with Crippen LogP contribution in [0.4, 0.5) is 11.4 Å². The molecule has 1 heterocycles. The summed E-state index contributed by atoms with van der Waals surface area (Å²) in [6.07, 6.45) is 1.73. The molecule has 2 N–H and O–H groups in total. The summed E-state index contributed by atoms with van der Waals surface area (Å²) in [5.41, 5.74) is 7.48. The monoisotopic (exact) mass is 230 g/mol. The third kappa shape index (κ3) is 2.13. The average molecular weight is 230 g/mol. The number of nitrogens with two attached hydrogens (primary N) is 1. The largest absolute Gasteiger partial charge is 0.397 e. The van der Waals surface area contributed by atoms with Crippen LogP contribution in [0.25, 0.3) is 0 Å². The smallest absolute Gasteiger partial charge is 0.278 e. The van der Waals surface area contributed by atoms with E-state index in [0.29, 0.717) is 17.1 Å². The van der Waals surface area contributed by atoms with E-state index in [4.69, 9.17) is 5.73 Å². The molecule has 0 fully saturated rings. The van der Waals surface area contributed by atoms with Gasteiger partial charge in [-0.2, -0.15) is 5.10 Å². The van der Waals surface area contributed by atoms with Crippen molar-refractivity contribution in [1.29, 1.82) is 0 Å². The van der Waals surface area contributed by atoms with Crippen LogP contribution in [0.15, 0.2) is 36.5 Å². The van der Waals surface area contributed by atoms with Crippen molar-refractivity contribution < 1.29 is 4.79 Å². The Hall–Kier alpha value is -2.30. The number of carbonyl (C=O) groups excluding carboxylic acids is 1. The zero-order valence-corrected chi connectivity index (χ0v) is 9.79. The van der Waals surface area contributed by atoms with Crippen LogP contribution in [-0.4, -0.2) is 22.7 Å². The highest BCUT2D eigenvalue weighted by atomic mass is 16.2. The van der Waals surface area contributed by atoms with Gasteiger partial charge in [-0.15, -0.1) is 0 Å². The average Bonchev–Trinajstić information content (AvgIpc) is 2.75. The molecule has 1 amide bonds. The number of anilines is 2. The molecule has 0 saturated carbocycles. The van der Waals surface area contributed by atoms with E-state index in [-0.39, 0.29) is 5.91 Å². The van der Waals surface area contributed by atoms with Gasteiger partial charge in [-0.3, -0.25) is 9.48 Å².